The Morgan fingerprint density at radius 1 is 0.774 bits per heavy atom. The quantitative estimate of drug-likeness (QED) is 0.0253. The lowest BCUT2D eigenvalue weighted by Crippen LogP contribution is -2.58. The Labute approximate surface area is 306 Å². The third kappa shape index (κ3) is 18.5. The maximum atomic E-state index is 13.5. The number of unbranched alkanes of at least 4 members (excludes halogenated alkanes) is 1. The highest BCUT2D eigenvalue weighted by Crippen LogP contribution is 2.13. The number of phenolic OH excluding ortho intramolecular Hbond substituents is 1. The number of nitrogens with two attached hydrogens (primary N) is 5. The molecule has 18 N–H and O–H groups in total. The Hall–Kier alpha value is -5.54. The number of carbonyl (C=O) groups excluding carboxylic acids is 6. The van der Waals surface area contributed by atoms with E-state index < -0.39 is 84.3 Å². The van der Waals surface area contributed by atoms with Gasteiger partial charge in [-0.15, -0.1) is 0 Å². The molecule has 0 unspecified atom stereocenters. The number of benzene rings is 1. The third-order valence-electron chi connectivity index (χ3n) is 7.69. The van der Waals surface area contributed by atoms with Gasteiger partial charge in [0.2, 0.25) is 35.4 Å². The van der Waals surface area contributed by atoms with Gasteiger partial charge in [0.15, 0.2) is 5.96 Å². The van der Waals surface area contributed by atoms with Crippen molar-refractivity contribution in [3.63, 3.8) is 0 Å². The molecule has 0 bridgehead atoms. The summed E-state index contributed by atoms with van der Waals surface area (Å²) >= 11 is 0. The molecule has 21 heteroatoms. The maximum absolute atomic E-state index is 13.5. The van der Waals surface area contributed by atoms with Crippen LogP contribution in [-0.4, -0.2) is 119 Å². The number of rotatable bonds is 25. The highest BCUT2D eigenvalue weighted by molar-refractivity contribution is 5.95. The van der Waals surface area contributed by atoms with Crippen LogP contribution in [0.5, 0.6) is 5.75 Å². The van der Waals surface area contributed by atoms with Crippen molar-refractivity contribution in [1.29, 1.82) is 0 Å². The molecular weight excluding hydrogens is 698 g/mol. The number of hydrogen-bond acceptors (Lipinski definition) is 12. The second-order valence-corrected chi connectivity index (χ2v) is 12.2. The summed E-state index contributed by atoms with van der Waals surface area (Å²) < 4.78 is 0. The number of carbonyl (C=O) groups is 7. The molecular formula is C32H53N11O10. The van der Waals surface area contributed by atoms with E-state index in [1.165, 1.54) is 31.2 Å². The van der Waals surface area contributed by atoms with Crippen LogP contribution < -0.4 is 55.3 Å². The average Bonchev–Trinajstić information content (AvgIpc) is 3.09. The fourth-order valence-electron chi connectivity index (χ4n) is 4.77. The number of aromatic hydroxyl groups is 1. The lowest BCUT2D eigenvalue weighted by atomic mass is 10.0. The van der Waals surface area contributed by atoms with Crippen LogP contribution in [0, 0.1) is 0 Å². The first-order valence-electron chi connectivity index (χ1n) is 16.9. The van der Waals surface area contributed by atoms with Gasteiger partial charge in [-0.25, -0.2) is 4.79 Å². The molecule has 0 spiro atoms. The molecule has 0 aromatic heterocycles. The van der Waals surface area contributed by atoms with Gasteiger partial charge >= 0.3 is 5.97 Å². The van der Waals surface area contributed by atoms with Gasteiger partial charge in [0.25, 0.3) is 0 Å². The number of hydrogen-bond donors (Lipinski definition) is 13. The Morgan fingerprint density at radius 2 is 1.40 bits per heavy atom. The van der Waals surface area contributed by atoms with Gasteiger partial charge in [0, 0.05) is 19.4 Å². The van der Waals surface area contributed by atoms with E-state index in [9.17, 15) is 48.9 Å². The average molecular weight is 752 g/mol. The Morgan fingerprint density at radius 3 is 1.96 bits per heavy atom. The topological polar surface area (TPSA) is 383 Å². The zero-order chi connectivity index (χ0) is 40.1. The third-order valence-corrected chi connectivity index (χ3v) is 7.69. The van der Waals surface area contributed by atoms with Crippen LogP contribution in [-0.2, 0) is 40.0 Å². The number of nitrogens with zero attached hydrogens (tertiary/aromatic N) is 1. The summed E-state index contributed by atoms with van der Waals surface area (Å²) in [5.41, 5.74) is 27.6. The van der Waals surface area contributed by atoms with E-state index in [0.29, 0.717) is 31.4 Å². The van der Waals surface area contributed by atoms with E-state index in [1.54, 1.807) is 0 Å². The summed E-state index contributed by atoms with van der Waals surface area (Å²) in [5.74, 6) is -6.77. The van der Waals surface area contributed by atoms with Gasteiger partial charge < -0.3 is 70.6 Å². The molecule has 1 rings (SSSR count). The Balaban J connectivity index is 3.06. The number of carboxylic acid groups (broad SMARTS) is 1. The smallest absolute Gasteiger partial charge is 0.326 e. The molecule has 21 nitrogen and oxygen atoms in total. The van der Waals surface area contributed by atoms with Crippen molar-refractivity contribution in [3.05, 3.63) is 29.8 Å². The molecule has 0 radical (unpaired) electrons. The monoisotopic (exact) mass is 751 g/mol. The van der Waals surface area contributed by atoms with Crippen LogP contribution in [0.4, 0.5) is 0 Å². The van der Waals surface area contributed by atoms with Crippen LogP contribution in [0.3, 0.4) is 0 Å². The molecule has 1 aromatic rings. The van der Waals surface area contributed by atoms with Gasteiger partial charge in [0.1, 0.15) is 29.9 Å². The molecule has 6 atom stereocenters. The van der Waals surface area contributed by atoms with Gasteiger partial charge in [-0.1, -0.05) is 12.1 Å². The fraction of sp³-hybridized carbons (Fsp3) is 0.562. The largest absolute Gasteiger partial charge is 0.508 e. The number of aliphatic hydroxyl groups is 1. The van der Waals surface area contributed by atoms with Crippen LogP contribution in [0.15, 0.2) is 29.3 Å². The first kappa shape index (κ1) is 45.5. The van der Waals surface area contributed by atoms with Crippen molar-refractivity contribution >= 4 is 47.4 Å². The number of aliphatic carboxylic acids is 1. The Bertz CT molecular complexity index is 1420. The molecule has 0 aliphatic carbocycles. The van der Waals surface area contributed by atoms with E-state index in [4.69, 9.17) is 28.7 Å². The predicted molar refractivity (Wildman–Crippen MR) is 191 cm³/mol. The minimum atomic E-state index is -1.52. The van der Waals surface area contributed by atoms with E-state index in [0.717, 1.165) is 0 Å². The summed E-state index contributed by atoms with van der Waals surface area (Å²) in [6, 6.07) is -1.07. The van der Waals surface area contributed by atoms with Gasteiger partial charge in [-0.2, -0.15) is 0 Å². The summed E-state index contributed by atoms with van der Waals surface area (Å²) in [4.78, 5) is 92.4. The zero-order valence-electron chi connectivity index (χ0n) is 29.6. The van der Waals surface area contributed by atoms with E-state index >= 15 is 0 Å². The second kappa shape index (κ2) is 23.8. The molecule has 1 aromatic carbocycles. The molecule has 0 aliphatic heterocycles. The number of amides is 6. The number of nitrogens with one attached hydrogen (secondary N) is 5. The van der Waals surface area contributed by atoms with Crippen molar-refractivity contribution in [2.24, 2.45) is 33.7 Å². The first-order chi connectivity index (χ1) is 24.9. The Kier molecular flexibility index (Phi) is 20.5. The van der Waals surface area contributed by atoms with Crippen LogP contribution in [0.1, 0.15) is 57.4 Å². The molecule has 0 saturated carbocycles. The highest BCUT2D eigenvalue weighted by atomic mass is 16.4. The molecule has 53 heavy (non-hydrogen) atoms. The minimum absolute atomic E-state index is 0.0623. The van der Waals surface area contributed by atoms with Crippen LogP contribution >= 0.6 is 0 Å². The van der Waals surface area contributed by atoms with Crippen molar-refractivity contribution in [3.8, 4) is 5.75 Å². The lowest BCUT2D eigenvalue weighted by molar-refractivity contribution is -0.142. The minimum Gasteiger partial charge on any atom is -0.508 e. The number of aliphatic hydroxyl groups excluding tert-OH is 1. The molecule has 0 aliphatic rings. The molecule has 0 saturated heterocycles. The summed E-state index contributed by atoms with van der Waals surface area (Å²) in [6.45, 7) is 1.01. The van der Waals surface area contributed by atoms with E-state index in [2.05, 4.69) is 31.6 Å². The molecule has 0 heterocycles. The first-order valence-corrected chi connectivity index (χ1v) is 16.9. The molecule has 6 amide bonds. The lowest BCUT2D eigenvalue weighted by Gasteiger charge is -2.25. The highest BCUT2D eigenvalue weighted by Gasteiger charge is 2.31. The van der Waals surface area contributed by atoms with E-state index in [-0.39, 0.29) is 50.4 Å². The van der Waals surface area contributed by atoms with Crippen molar-refractivity contribution in [1.82, 2.24) is 26.6 Å². The SMILES string of the molecule is C[C@@H](O)[C@H](NC(=O)[C@@H](N)CCCN=C(N)N)C(=O)NCC(=O)N[C@@H](CCC(N)=O)C(=O)N[C@@H](Cc1ccc(O)cc1)C(=O)N[C@@H](CCCCN)C(=O)O. The number of guanidine groups is 1. The number of aliphatic imine (C=N–C) groups is 1. The standard InChI is InChI=1S/C32H53N11O10/c1-17(44)26(43-27(48)20(34)5-4-14-38-32(36)37)30(51)39-16-25(47)40-21(11-12-24(35)46)28(49)42-23(15-18-7-9-19(45)10-8-18)29(50)41-22(31(52)53)6-2-3-13-33/h7-10,17,20-23,26,44-45H,2-6,11-16,33-34H2,1H3,(H2,35,46)(H,39,51)(H,40,47)(H,41,50)(H,42,49)(H,43,48)(H,52,53)(H4,36,37,38)/t17-,20+,21+,22+,23+,26+/m1/s1. The molecule has 0 fully saturated rings. The number of carboxylic acids is 1. The van der Waals surface area contributed by atoms with Gasteiger partial charge in [-0.05, 0) is 69.7 Å². The van der Waals surface area contributed by atoms with Crippen molar-refractivity contribution < 1.29 is 48.9 Å². The number of primary amides is 1. The number of phenols is 1. The normalized spacial score (nSPS) is 14.2. The molecule has 296 valence electrons. The van der Waals surface area contributed by atoms with Crippen molar-refractivity contribution in [2.45, 2.75) is 94.6 Å². The summed E-state index contributed by atoms with van der Waals surface area (Å²) in [7, 11) is 0. The van der Waals surface area contributed by atoms with Gasteiger partial charge in [-0.3, -0.25) is 33.8 Å². The summed E-state index contributed by atoms with van der Waals surface area (Å²) in [6.07, 6.45) is -0.782. The maximum Gasteiger partial charge on any atom is 0.326 e. The van der Waals surface area contributed by atoms with Gasteiger partial charge in [0.05, 0.1) is 18.7 Å². The second-order valence-electron chi connectivity index (χ2n) is 12.2. The zero-order valence-corrected chi connectivity index (χ0v) is 29.6. The van der Waals surface area contributed by atoms with E-state index in [1.807, 2.05) is 0 Å². The van der Waals surface area contributed by atoms with Crippen LogP contribution in [0.2, 0.25) is 0 Å². The van der Waals surface area contributed by atoms with Crippen molar-refractivity contribution in [2.75, 3.05) is 19.6 Å². The summed E-state index contributed by atoms with van der Waals surface area (Å²) in [5, 5.41) is 41.3. The van der Waals surface area contributed by atoms with Crippen LogP contribution in [0.25, 0.3) is 0 Å². The fourth-order valence-corrected chi connectivity index (χ4v) is 4.77. The predicted octanol–water partition coefficient (Wildman–Crippen LogP) is -4.77.